The summed E-state index contributed by atoms with van der Waals surface area (Å²) >= 11 is 0. The summed E-state index contributed by atoms with van der Waals surface area (Å²) in [6.45, 7) is 4.31. The van der Waals surface area contributed by atoms with Gasteiger partial charge in [0.1, 0.15) is 0 Å². The van der Waals surface area contributed by atoms with Gasteiger partial charge in [-0.05, 0) is 18.8 Å². The van der Waals surface area contributed by atoms with Crippen LogP contribution < -0.4 is 11.1 Å². The van der Waals surface area contributed by atoms with Crippen LogP contribution in [-0.4, -0.2) is 18.0 Å². The number of nitrogens with two attached hydrogens (primary N) is 1. The average Bonchev–Trinajstić information content (AvgIpc) is 2.33. The van der Waals surface area contributed by atoms with Crippen LogP contribution >= 0.6 is 0 Å². The molecule has 3 N–H and O–H groups in total. The Hall–Kier alpha value is -0.570. The van der Waals surface area contributed by atoms with Crippen LogP contribution in [0.5, 0.6) is 0 Å². The molecule has 1 heterocycles. The van der Waals surface area contributed by atoms with Gasteiger partial charge in [0.15, 0.2) is 0 Å². The Balaban J connectivity index is 2.41. The molecule has 3 heteroatoms. The summed E-state index contributed by atoms with van der Waals surface area (Å²) in [5.74, 6) is 0.382. The molecule has 0 aromatic carbocycles. The van der Waals surface area contributed by atoms with Gasteiger partial charge in [-0.15, -0.1) is 0 Å². The van der Waals surface area contributed by atoms with E-state index in [1.54, 1.807) is 0 Å². The topological polar surface area (TPSA) is 55.1 Å². The highest BCUT2D eigenvalue weighted by Gasteiger charge is 2.28. The summed E-state index contributed by atoms with van der Waals surface area (Å²) in [6, 6.07) is 0.398. The molecule has 1 aliphatic rings. The first-order valence-corrected chi connectivity index (χ1v) is 4.16. The molecule has 0 bridgehead atoms. The molecule has 0 spiro atoms. The van der Waals surface area contributed by atoms with E-state index < -0.39 is 0 Å². The lowest BCUT2D eigenvalue weighted by atomic mass is 10.0. The van der Waals surface area contributed by atoms with Crippen molar-refractivity contribution >= 4 is 5.91 Å². The number of hydrogen-bond acceptors (Lipinski definition) is 2. The summed E-state index contributed by atoms with van der Waals surface area (Å²) in [5.41, 5.74) is 5.16. The van der Waals surface area contributed by atoms with E-state index in [1.165, 1.54) is 0 Å². The average molecular weight is 156 g/mol. The molecular formula is C8H16N2O. The van der Waals surface area contributed by atoms with E-state index in [0.717, 1.165) is 12.8 Å². The lowest BCUT2D eigenvalue weighted by Crippen LogP contribution is -2.41. The second kappa shape index (κ2) is 3.22. The standard InChI is InChI=1S/C8H16N2O/c1-5(2)6-3-4-7(10-6)8(9)11/h5-7,10H,3-4H2,1-2H3,(H2,9,11). The normalized spacial score (nSPS) is 31.2. The summed E-state index contributed by atoms with van der Waals surface area (Å²) in [5, 5.41) is 3.22. The Morgan fingerprint density at radius 1 is 1.55 bits per heavy atom. The smallest absolute Gasteiger partial charge is 0.234 e. The van der Waals surface area contributed by atoms with Gasteiger partial charge in [0.2, 0.25) is 5.91 Å². The highest BCUT2D eigenvalue weighted by Crippen LogP contribution is 2.17. The molecule has 1 saturated heterocycles. The van der Waals surface area contributed by atoms with E-state index in [0.29, 0.717) is 12.0 Å². The van der Waals surface area contributed by atoms with Crippen molar-refractivity contribution < 1.29 is 4.79 Å². The summed E-state index contributed by atoms with van der Waals surface area (Å²) < 4.78 is 0. The molecule has 0 aromatic rings. The van der Waals surface area contributed by atoms with Crippen LogP contribution in [0.2, 0.25) is 0 Å². The van der Waals surface area contributed by atoms with E-state index in [-0.39, 0.29) is 11.9 Å². The maximum Gasteiger partial charge on any atom is 0.234 e. The molecule has 2 unspecified atom stereocenters. The van der Waals surface area contributed by atoms with Crippen LogP contribution in [0.25, 0.3) is 0 Å². The Morgan fingerprint density at radius 2 is 2.18 bits per heavy atom. The number of primary amides is 1. The zero-order valence-electron chi connectivity index (χ0n) is 7.13. The summed E-state index contributed by atoms with van der Waals surface area (Å²) in [7, 11) is 0. The minimum atomic E-state index is -0.215. The molecule has 2 atom stereocenters. The van der Waals surface area contributed by atoms with E-state index >= 15 is 0 Å². The maximum absolute atomic E-state index is 10.7. The lowest BCUT2D eigenvalue weighted by molar-refractivity contribution is -0.119. The molecule has 1 rings (SSSR count). The Bertz CT molecular complexity index is 156. The molecule has 0 aromatic heterocycles. The van der Waals surface area contributed by atoms with Gasteiger partial charge in [-0.2, -0.15) is 0 Å². The third-order valence-corrected chi connectivity index (χ3v) is 2.33. The van der Waals surface area contributed by atoms with Crippen molar-refractivity contribution in [3.63, 3.8) is 0 Å². The predicted octanol–water partition coefficient (Wildman–Crippen LogP) is 0.248. The molecular weight excluding hydrogens is 140 g/mol. The van der Waals surface area contributed by atoms with E-state index in [9.17, 15) is 4.79 Å². The molecule has 0 saturated carbocycles. The second-order valence-corrected chi connectivity index (χ2v) is 3.55. The van der Waals surface area contributed by atoms with Crippen molar-refractivity contribution in [2.24, 2.45) is 11.7 Å². The van der Waals surface area contributed by atoms with Gasteiger partial charge < -0.3 is 11.1 Å². The van der Waals surface area contributed by atoms with Gasteiger partial charge in [0, 0.05) is 6.04 Å². The lowest BCUT2D eigenvalue weighted by Gasteiger charge is -2.15. The van der Waals surface area contributed by atoms with Gasteiger partial charge in [0.25, 0.3) is 0 Å². The van der Waals surface area contributed by atoms with Gasteiger partial charge in [-0.1, -0.05) is 13.8 Å². The van der Waals surface area contributed by atoms with Crippen molar-refractivity contribution in [1.29, 1.82) is 0 Å². The fourth-order valence-electron chi connectivity index (χ4n) is 1.52. The summed E-state index contributed by atoms with van der Waals surface area (Å²) in [6.07, 6.45) is 1.98. The SMILES string of the molecule is CC(C)C1CCC(C(N)=O)N1. The fraction of sp³-hybridized carbons (Fsp3) is 0.875. The van der Waals surface area contributed by atoms with Crippen LogP contribution in [0, 0.1) is 5.92 Å². The predicted molar refractivity (Wildman–Crippen MR) is 44.0 cm³/mol. The highest BCUT2D eigenvalue weighted by atomic mass is 16.1. The largest absolute Gasteiger partial charge is 0.368 e. The third kappa shape index (κ3) is 1.93. The minimum absolute atomic E-state index is 0.0811. The Morgan fingerprint density at radius 3 is 2.45 bits per heavy atom. The number of rotatable bonds is 2. The van der Waals surface area contributed by atoms with Gasteiger partial charge in [-0.25, -0.2) is 0 Å². The number of amides is 1. The van der Waals surface area contributed by atoms with E-state index in [2.05, 4.69) is 19.2 Å². The molecule has 64 valence electrons. The van der Waals surface area contributed by atoms with Crippen molar-refractivity contribution in [2.45, 2.75) is 38.8 Å². The highest BCUT2D eigenvalue weighted by molar-refractivity contribution is 5.80. The molecule has 0 radical (unpaired) electrons. The third-order valence-electron chi connectivity index (χ3n) is 2.33. The molecule has 11 heavy (non-hydrogen) atoms. The molecule has 1 fully saturated rings. The van der Waals surface area contributed by atoms with Crippen LogP contribution in [0.3, 0.4) is 0 Å². The van der Waals surface area contributed by atoms with Gasteiger partial charge in [-0.3, -0.25) is 4.79 Å². The molecule has 1 amide bonds. The first-order chi connectivity index (χ1) is 5.11. The molecule has 1 aliphatic heterocycles. The van der Waals surface area contributed by atoms with Crippen molar-refractivity contribution in [3.05, 3.63) is 0 Å². The Labute approximate surface area is 67.3 Å². The summed E-state index contributed by atoms with van der Waals surface area (Å²) in [4.78, 5) is 10.7. The first-order valence-electron chi connectivity index (χ1n) is 4.16. The van der Waals surface area contributed by atoms with Gasteiger partial charge >= 0.3 is 0 Å². The number of hydrogen-bond donors (Lipinski definition) is 2. The minimum Gasteiger partial charge on any atom is -0.368 e. The second-order valence-electron chi connectivity index (χ2n) is 3.55. The van der Waals surface area contributed by atoms with Gasteiger partial charge in [0.05, 0.1) is 6.04 Å². The van der Waals surface area contributed by atoms with Crippen molar-refractivity contribution in [1.82, 2.24) is 5.32 Å². The van der Waals surface area contributed by atoms with Crippen LogP contribution in [0.1, 0.15) is 26.7 Å². The monoisotopic (exact) mass is 156 g/mol. The first kappa shape index (κ1) is 8.53. The Kier molecular flexibility index (Phi) is 2.49. The fourth-order valence-corrected chi connectivity index (χ4v) is 1.52. The quantitative estimate of drug-likeness (QED) is 0.602. The number of carbonyl (C=O) groups is 1. The zero-order valence-corrected chi connectivity index (χ0v) is 7.13. The van der Waals surface area contributed by atoms with E-state index in [1.807, 2.05) is 0 Å². The number of carbonyl (C=O) groups excluding carboxylic acids is 1. The zero-order chi connectivity index (χ0) is 8.43. The molecule has 3 nitrogen and oxygen atoms in total. The van der Waals surface area contributed by atoms with Crippen molar-refractivity contribution in [2.75, 3.05) is 0 Å². The van der Waals surface area contributed by atoms with Crippen LogP contribution in [-0.2, 0) is 4.79 Å². The molecule has 0 aliphatic carbocycles. The van der Waals surface area contributed by atoms with E-state index in [4.69, 9.17) is 5.73 Å². The number of nitrogens with one attached hydrogen (secondary N) is 1. The van der Waals surface area contributed by atoms with Crippen LogP contribution in [0.4, 0.5) is 0 Å². The van der Waals surface area contributed by atoms with Crippen LogP contribution in [0.15, 0.2) is 0 Å². The maximum atomic E-state index is 10.7. The van der Waals surface area contributed by atoms with Crippen molar-refractivity contribution in [3.8, 4) is 0 Å².